The van der Waals surface area contributed by atoms with E-state index in [1.165, 1.54) is 0 Å². The Labute approximate surface area is 96.6 Å². The van der Waals surface area contributed by atoms with Crippen LogP contribution in [-0.2, 0) is 16.0 Å². The average Bonchev–Trinajstić information content (AvgIpc) is 2.30. The lowest BCUT2D eigenvalue weighted by atomic mass is 9.84. The van der Waals surface area contributed by atoms with E-state index in [1.54, 1.807) is 6.92 Å². The highest BCUT2D eigenvalue weighted by Crippen LogP contribution is 2.23. The van der Waals surface area contributed by atoms with Gasteiger partial charge in [-0.3, -0.25) is 4.79 Å². The summed E-state index contributed by atoms with van der Waals surface area (Å²) in [4.78, 5) is 11.8. The molecule has 16 heavy (non-hydrogen) atoms. The summed E-state index contributed by atoms with van der Waals surface area (Å²) in [6, 6.07) is 9.85. The number of rotatable bonds is 5. The van der Waals surface area contributed by atoms with E-state index in [2.05, 4.69) is 0 Å². The van der Waals surface area contributed by atoms with Gasteiger partial charge in [0.1, 0.15) is 0 Å². The van der Waals surface area contributed by atoms with Crippen molar-refractivity contribution >= 4 is 5.97 Å². The van der Waals surface area contributed by atoms with Crippen molar-refractivity contribution in [2.75, 3.05) is 13.2 Å². The van der Waals surface area contributed by atoms with Crippen LogP contribution in [0.2, 0.25) is 0 Å². The summed E-state index contributed by atoms with van der Waals surface area (Å²) in [6.07, 6.45) is 0.614. The number of esters is 1. The maximum absolute atomic E-state index is 11.8. The van der Waals surface area contributed by atoms with Crippen LogP contribution in [0.3, 0.4) is 0 Å². The summed E-state index contributed by atoms with van der Waals surface area (Å²) < 4.78 is 5.05. The van der Waals surface area contributed by atoms with Gasteiger partial charge in [0.25, 0.3) is 0 Å². The number of carbonyl (C=O) groups is 1. The second kappa shape index (κ2) is 5.66. The zero-order valence-electron chi connectivity index (χ0n) is 9.90. The normalized spacial score (nSPS) is 14.2. The van der Waals surface area contributed by atoms with Gasteiger partial charge in [0.05, 0.1) is 12.0 Å². The molecule has 0 aliphatic carbocycles. The fraction of sp³-hybridized carbons (Fsp3) is 0.462. The summed E-state index contributed by atoms with van der Waals surface area (Å²) in [6.45, 7) is 4.33. The molecule has 1 unspecified atom stereocenters. The largest absolute Gasteiger partial charge is 0.466 e. The standard InChI is InChI=1S/C13H19NO2/c1-3-16-12(15)13(2,10-14)9-11-7-5-4-6-8-11/h4-8H,3,9-10,14H2,1-2H3. The van der Waals surface area contributed by atoms with Crippen molar-refractivity contribution in [3.8, 4) is 0 Å². The van der Waals surface area contributed by atoms with Crippen molar-refractivity contribution in [2.24, 2.45) is 11.1 Å². The van der Waals surface area contributed by atoms with Crippen LogP contribution in [0.5, 0.6) is 0 Å². The minimum absolute atomic E-state index is 0.221. The number of hydrogen-bond donors (Lipinski definition) is 1. The second-order valence-electron chi connectivity index (χ2n) is 4.15. The molecule has 0 radical (unpaired) electrons. The fourth-order valence-electron chi connectivity index (χ4n) is 1.58. The number of hydrogen-bond acceptors (Lipinski definition) is 3. The second-order valence-corrected chi connectivity index (χ2v) is 4.15. The van der Waals surface area contributed by atoms with E-state index in [1.807, 2.05) is 37.3 Å². The van der Waals surface area contributed by atoms with Crippen LogP contribution in [0.4, 0.5) is 0 Å². The van der Waals surface area contributed by atoms with Crippen molar-refractivity contribution in [3.05, 3.63) is 35.9 Å². The van der Waals surface area contributed by atoms with E-state index in [4.69, 9.17) is 10.5 Å². The highest BCUT2D eigenvalue weighted by Gasteiger charge is 2.33. The summed E-state index contributed by atoms with van der Waals surface area (Å²) in [5, 5.41) is 0. The molecular formula is C13H19NO2. The summed E-state index contributed by atoms with van der Waals surface area (Å²) in [5.74, 6) is -0.221. The molecular weight excluding hydrogens is 202 g/mol. The van der Waals surface area contributed by atoms with E-state index in [0.29, 0.717) is 19.6 Å². The van der Waals surface area contributed by atoms with Crippen LogP contribution in [0.1, 0.15) is 19.4 Å². The molecule has 0 aliphatic rings. The minimum atomic E-state index is -0.628. The lowest BCUT2D eigenvalue weighted by Gasteiger charge is -2.25. The quantitative estimate of drug-likeness (QED) is 0.771. The van der Waals surface area contributed by atoms with Crippen molar-refractivity contribution in [1.82, 2.24) is 0 Å². The smallest absolute Gasteiger partial charge is 0.313 e. The molecule has 88 valence electrons. The van der Waals surface area contributed by atoms with Gasteiger partial charge in [-0.2, -0.15) is 0 Å². The maximum Gasteiger partial charge on any atom is 0.313 e. The first-order valence-corrected chi connectivity index (χ1v) is 5.53. The minimum Gasteiger partial charge on any atom is -0.466 e. The zero-order valence-corrected chi connectivity index (χ0v) is 9.90. The molecule has 0 bridgehead atoms. The van der Waals surface area contributed by atoms with Gasteiger partial charge >= 0.3 is 5.97 Å². The Bertz CT molecular complexity index is 337. The van der Waals surface area contributed by atoms with E-state index < -0.39 is 5.41 Å². The van der Waals surface area contributed by atoms with Crippen molar-refractivity contribution in [2.45, 2.75) is 20.3 Å². The monoisotopic (exact) mass is 221 g/mol. The molecule has 0 aromatic heterocycles. The van der Waals surface area contributed by atoms with Gasteiger partial charge in [-0.05, 0) is 25.8 Å². The first kappa shape index (κ1) is 12.7. The van der Waals surface area contributed by atoms with E-state index in [0.717, 1.165) is 5.56 Å². The molecule has 0 saturated carbocycles. The topological polar surface area (TPSA) is 52.3 Å². The summed E-state index contributed by atoms with van der Waals surface area (Å²) in [5.41, 5.74) is 6.16. The molecule has 1 aromatic carbocycles. The highest BCUT2D eigenvalue weighted by atomic mass is 16.5. The molecule has 3 nitrogen and oxygen atoms in total. The Morgan fingerprint density at radius 2 is 2.00 bits per heavy atom. The van der Waals surface area contributed by atoms with Gasteiger partial charge in [-0.15, -0.1) is 0 Å². The Hall–Kier alpha value is -1.35. The van der Waals surface area contributed by atoms with Gasteiger partial charge in [0.15, 0.2) is 0 Å². The predicted octanol–water partition coefficient (Wildman–Crippen LogP) is 1.76. The fourth-order valence-corrected chi connectivity index (χ4v) is 1.58. The van der Waals surface area contributed by atoms with Crippen LogP contribution >= 0.6 is 0 Å². The lowest BCUT2D eigenvalue weighted by Crippen LogP contribution is -2.39. The Morgan fingerprint density at radius 3 is 2.50 bits per heavy atom. The van der Waals surface area contributed by atoms with Crippen molar-refractivity contribution in [3.63, 3.8) is 0 Å². The molecule has 0 spiro atoms. The number of nitrogens with two attached hydrogens (primary N) is 1. The van der Waals surface area contributed by atoms with E-state index in [-0.39, 0.29) is 5.97 Å². The lowest BCUT2D eigenvalue weighted by molar-refractivity contribution is -0.153. The van der Waals surface area contributed by atoms with Crippen molar-refractivity contribution in [1.29, 1.82) is 0 Å². The van der Waals surface area contributed by atoms with Crippen LogP contribution in [0.15, 0.2) is 30.3 Å². The third kappa shape index (κ3) is 3.07. The summed E-state index contributed by atoms with van der Waals surface area (Å²) in [7, 11) is 0. The molecule has 1 atom stereocenters. The van der Waals surface area contributed by atoms with Crippen LogP contribution < -0.4 is 5.73 Å². The van der Waals surface area contributed by atoms with Crippen LogP contribution in [-0.4, -0.2) is 19.1 Å². The van der Waals surface area contributed by atoms with Crippen LogP contribution in [0.25, 0.3) is 0 Å². The molecule has 2 N–H and O–H groups in total. The third-order valence-electron chi connectivity index (χ3n) is 2.66. The molecule has 0 aliphatic heterocycles. The predicted molar refractivity (Wildman–Crippen MR) is 63.9 cm³/mol. The van der Waals surface area contributed by atoms with Gasteiger partial charge in [0, 0.05) is 6.54 Å². The number of benzene rings is 1. The van der Waals surface area contributed by atoms with Crippen molar-refractivity contribution < 1.29 is 9.53 Å². The SMILES string of the molecule is CCOC(=O)C(C)(CN)Cc1ccccc1. The zero-order chi connectivity index (χ0) is 12.0. The number of ether oxygens (including phenoxy) is 1. The van der Waals surface area contributed by atoms with Gasteiger partial charge < -0.3 is 10.5 Å². The average molecular weight is 221 g/mol. The molecule has 0 amide bonds. The molecule has 0 saturated heterocycles. The number of carbonyl (C=O) groups excluding carboxylic acids is 1. The summed E-state index contributed by atoms with van der Waals surface area (Å²) >= 11 is 0. The Kier molecular flexibility index (Phi) is 4.50. The molecule has 0 fully saturated rings. The molecule has 1 aromatic rings. The van der Waals surface area contributed by atoms with E-state index in [9.17, 15) is 4.79 Å². The van der Waals surface area contributed by atoms with E-state index >= 15 is 0 Å². The van der Waals surface area contributed by atoms with Gasteiger partial charge in [-0.25, -0.2) is 0 Å². The maximum atomic E-state index is 11.8. The highest BCUT2D eigenvalue weighted by molar-refractivity contribution is 5.77. The third-order valence-corrected chi connectivity index (χ3v) is 2.66. The Balaban J connectivity index is 2.78. The van der Waals surface area contributed by atoms with Gasteiger partial charge in [0.2, 0.25) is 0 Å². The first-order chi connectivity index (χ1) is 7.62. The Morgan fingerprint density at radius 1 is 1.38 bits per heavy atom. The molecule has 1 rings (SSSR count). The molecule has 0 heterocycles. The van der Waals surface area contributed by atoms with Crippen LogP contribution in [0, 0.1) is 5.41 Å². The molecule has 3 heteroatoms. The first-order valence-electron chi connectivity index (χ1n) is 5.53. The van der Waals surface area contributed by atoms with Gasteiger partial charge in [-0.1, -0.05) is 30.3 Å².